The highest BCUT2D eigenvalue weighted by Gasteiger charge is 2.35. The summed E-state index contributed by atoms with van der Waals surface area (Å²) < 4.78 is 29.2. The van der Waals surface area contributed by atoms with Gasteiger partial charge in [-0.15, -0.1) is 0 Å². The lowest BCUT2D eigenvalue weighted by Crippen LogP contribution is -2.43. The second-order valence-electron chi connectivity index (χ2n) is 8.04. The minimum absolute atomic E-state index is 0.0282. The van der Waals surface area contributed by atoms with E-state index < -0.39 is 29.1 Å². The molecule has 4 rings (SSSR count). The van der Waals surface area contributed by atoms with Gasteiger partial charge in [-0.05, 0) is 42.9 Å². The van der Waals surface area contributed by atoms with E-state index in [9.17, 15) is 23.3 Å². The number of piperidine rings is 1. The van der Waals surface area contributed by atoms with Crippen LogP contribution in [0.15, 0.2) is 16.9 Å². The van der Waals surface area contributed by atoms with Crippen molar-refractivity contribution in [2.75, 3.05) is 13.1 Å². The lowest BCUT2D eigenvalue weighted by atomic mass is 9.95. The number of carbonyl (C=O) groups excluding carboxylic acids is 1. The van der Waals surface area contributed by atoms with Gasteiger partial charge >= 0.3 is 0 Å². The number of nitroso groups, excluding NO2 is 1. The Balaban J connectivity index is 1.55. The molecular weight excluding hydrogens is 394 g/mol. The Morgan fingerprint density at radius 2 is 2.03 bits per heavy atom. The molecule has 0 bridgehead atoms. The minimum Gasteiger partial charge on any atom is -0.349 e. The third-order valence-electron chi connectivity index (χ3n) is 5.91. The van der Waals surface area contributed by atoms with E-state index in [-0.39, 0.29) is 47.8 Å². The van der Waals surface area contributed by atoms with Crippen molar-refractivity contribution in [2.45, 2.75) is 44.1 Å². The summed E-state index contributed by atoms with van der Waals surface area (Å²) in [4.78, 5) is 39.7. The molecule has 9 heteroatoms. The molecule has 1 aliphatic carbocycles. The van der Waals surface area contributed by atoms with Gasteiger partial charge in [-0.1, -0.05) is 0 Å². The molecule has 2 N–H and O–H groups in total. The van der Waals surface area contributed by atoms with E-state index in [2.05, 4.69) is 16.4 Å². The van der Waals surface area contributed by atoms with Gasteiger partial charge in [-0.3, -0.25) is 9.59 Å². The van der Waals surface area contributed by atoms with E-state index in [4.69, 9.17) is 5.26 Å². The predicted octanol–water partition coefficient (Wildman–Crippen LogP) is 2.42. The number of carbonyl (C=O) groups is 1. The first kappa shape index (κ1) is 20.1. The van der Waals surface area contributed by atoms with Crippen LogP contribution in [-0.2, 0) is 11.2 Å². The molecule has 1 aromatic carbocycles. The molecule has 7 nitrogen and oxygen atoms in total. The van der Waals surface area contributed by atoms with Crippen molar-refractivity contribution in [3.05, 3.63) is 50.2 Å². The second kappa shape index (κ2) is 7.94. The van der Waals surface area contributed by atoms with Gasteiger partial charge in [0.25, 0.3) is 5.56 Å². The Morgan fingerprint density at radius 3 is 2.70 bits per heavy atom. The summed E-state index contributed by atoms with van der Waals surface area (Å²) in [5.74, 6) is -2.87. The van der Waals surface area contributed by atoms with Gasteiger partial charge in [0, 0.05) is 27.0 Å². The first-order valence-corrected chi connectivity index (χ1v) is 10.0. The largest absolute Gasteiger partial charge is 0.349 e. The van der Waals surface area contributed by atoms with Crippen molar-refractivity contribution in [3.8, 4) is 6.07 Å². The number of aromatic nitrogens is 1. The molecule has 0 radical (unpaired) electrons. The zero-order chi connectivity index (χ0) is 21.4. The molecule has 2 fully saturated rings. The number of rotatable bonds is 5. The first-order valence-electron chi connectivity index (χ1n) is 10.0. The fraction of sp³-hybridized carbons (Fsp3) is 0.476. The summed E-state index contributed by atoms with van der Waals surface area (Å²) in [5, 5.41) is 11.6. The summed E-state index contributed by atoms with van der Waals surface area (Å²) >= 11 is 0. The number of fused-ring (bicyclic) bond motifs is 1. The number of nitriles is 1. The van der Waals surface area contributed by atoms with Crippen LogP contribution >= 0.6 is 0 Å². The number of nitrogens with one attached hydrogen (secondary N) is 2. The molecular formula is C21H21F2N4O3+. The molecule has 2 heterocycles. The molecule has 1 saturated heterocycles. The molecule has 30 heavy (non-hydrogen) atoms. The van der Waals surface area contributed by atoms with Crippen LogP contribution in [0.2, 0.25) is 0 Å². The highest BCUT2D eigenvalue weighted by molar-refractivity contribution is 5.87. The van der Waals surface area contributed by atoms with Gasteiger partial charge in [-0.2, -0.15) is 5.26 Å². The van der Waals surface area contributed by atoms with Gasteiger partial charge in [0.2, 0.25) is 18.5 Å². The zero-order valence-electron chi connectivity index (χ0n) is 16.2. The average Bonchev–Trinajstić information content (AvgIpc) is 3.56. The molecule has 1 aliphatic heterocycles. The Hall–Kier alpha value is -3.15. The molecule has 1 aromatic heterocycles. The third kappa shape index (κ3) is 3.82. The van der Waals surface area contributed by atoms with Crippen LogP contribution in [0.1, 0.15) is 42.7 Å². The highest BCUT2D eigenvalue weighted by atomic mass is 19.2. The predicted molar refractivity (Wildman–Crippen MR) is 104 cm³/mol. The van der Waals surface area contributed by atoms with E-state index in [0.29, 0.717) is 18.4 Å². The average molecular weight is 415 g/mol. The molecule has 0 spiro atoms. The van der Waals surface area contributed by atoms with Gasteiger partial charge in [-0.25, -0.2) is 8.78 Å². The number of nitrogens with zero attached hydrogens (tertiary/aromatic N) is 2. The topological polar surface area (TPSA) is 106 Å². The Bertz CT molecular complexity index is 1130. The number of H-pyrrole nitrogens is 1. The van der Waals surface area contributed by atoms with Crippen molar-refractivity contribution >= 4 is 16.8 Å². The van der Waals surface area contributed by atoms with E-state index in [1.807, 2.05) is 0 Å². The molecule has 2 unspecified atom stereocenters. The normalized spacial score (nSPS) is 21.4. The van der Waals surface area contributed by atoms with Crippen molar-refractivity contribution in [1.29, 1.82) is 5.26 Å². The van der Waals surface area contributed by atoms with Crippen molar-refractivity contribution in [3.63, 3.8) is 0 Å². The number of amides is 1. The van der Waals surface area contributed by atoms with Crippen LogP contribution in [0.5, 0.6) is 0 Å². The van der Waals surface area contributed by atoms with Crippen LogP contribution in [0.25, 0.3) is 10.9 Å². The molecule has 156 valence electrons. The van der Waals surface area contributed by atoms with Crippen LogP contribution in [0, 0.1) is 33.8 Å². The third-order valence-corrected chi connectivity index (χ3v) is 5.91. The van der Waals surface area contributed by atoms with Gasteiger partial charge in [0.1, 0.15) is 5.92 Å². The number of pyridine rings is 1. The van der Waals surface area contributed by atoms with Crippen LogP contribution in [0.4, 0.5) is 8.78 Å². The van der Waals surface area contributed by atoms with E-state index in [1.54, 1.807) is 0 Å². The number of halogens is 2. The van der Waals surface area contributed by atoms with E-state index in [1.165, 1.54) is 6.07 Å². The summed E-state index contributed by atoms with van der Waals surface area (Å²) in [6.07, 6.45) is 2.30. The van der Waals surface area contributed by atoms with Gasteiger partial charge in [0.15, 0.2) is 11.6 Å². The molecule has 1 saturated carbocycles. The number of hydrogen-bond acceptors (Lipinski definition) is 4. The smallest absolute Gasteiger partial charge is 0.252 e. The zero-order valence-corrected chi connectivity index (χ0v) is 16.2. The molecule has 2 atom stereocenters. The van der Waals surface area contributed by atoms with Crippen LogP contribution in [0.3, 0.4) is 0 Å². The number of hydrogen-bond donors (Lipinski definition) is 2. The standard InChI is InChI=1S/C21H20F2N4O3/c22-15-5-6-16-19(20(15)23)18(12-2-3-12)14(21(29)26-16)7-17(28)25-9-13-4-1-11(8-24)10-27(13)30/h5-6,11-13H,1-4,7,9-10H2,(H-,25,26,28,29)/p+1. The minimum atomic E-state index is -1.02. The van der Waals surface area contributed by atoms with E-state index >= 15 is 0 Å². The summed E-state index contributed by atoms with van der Waals surface area (Å²) in [7, 11) is 0. The Labute approximate surface area is 170 Å². The Kier molecular flexibility index (Phi) is 5.33. The maximum Gasteiger partial charge on any atom is 0.252 e. The van der Waals surface area contributed by atoms with Crippen LogP contribution in [-0.4, -0.2) is 34.8 Å². The molecule has 2 aliphatic rings. The summed E-state index contributed by atoms with van der Waals surface area (Å²) in [6, 6.07) is 3.94. The summed E-state index contributed by atoms with van der Waals surface area (Å²) in [5.41, 5.74) is 0.256. The monoisotopic (exact) mass is 415 g/mol. The lowest BCUT2D eigenvalue weighted by molar-refractivity contribution is -0.598. The van der Waals surface area contributed by atoms with E-state index in [0.717, 1.165) is 23.7 Å². The maximum absolute atomic E-state index is 14.5. The number of benzene rings is 1. The maximum atomic E-state index is 14.5. The number of aromatic amines is 1. The fourth-order valence-corrected chi connectivity index (χ4v) is 4.15. The Morgan fingerprint density at radius 1 is 1.27 bits per heavy atom. The molecule has 1 amide bonds. The van der Waals surface area contributed by atoms with Crippen LogP contribution < -0.4 is 10.9 Å². The van der Waals surface area contributed by atoms with Gasteiger partial charge in [0.05, 0.1) is 24.6 Å². The summed E-state index contributed by atoms with van der Waals surface area (Å²) in [6.45, 7) is 0.214. The van der Waals surface area contributed by atoms with Gasteiger partial charge < -0.3 is 10.3 Å². The fourth-order valence-electron chi connectivity index (χ4n) is 4.15. The van der Waals surface area contributed by atoms with Crippen molar-refractivity contribution < 1.29 is 18.3 Å². The quantitative estimate of drug-likeness (QED) is 0.732. The lowest BCUT2D eigenvalue weighted by Gasteiger charge is -2.18. The second-order valence-corrected chi connectivity index (χ2v) is 8.04. The SMILES string of the molecule is N#CC1CCC(CNC(=O)Cc2c(C3CC3)c3c(F)c(F)ccc3[nH]c2=O)[N+](=O)C1. The highest BCUT2D eigenvalue weighted by Crippen LogP contribution is 2.44. The molecule has 2 aromatic rings. The van der Waals surface area contributed by atoms with Crippen molar-refractivity contribution in [2.24, 2.45) is 5.92 Å². The first-order chi connectivity index (χ1) is 14.4. The van der Waals surface area contributed by atoms with Crippen molar-refractivity contribution in [1.82, 2.24) is 10.3 Å².